The lowest BCUT2D eigenvalue weighted by Gasteiger charge is -2.31. The predicted molar refractivity (Wildman–Crippen MR) is 81.2 cm³/mol. The molecule has 1 aromatic rings. The van der Waals surface area contributed by atoms with Crippen LogP contribution < -0.4 is 5.32 Å². The monoisotopic (exact) mass is 277 g/mol. The van der Waals surface area contributed by atoms with Gasteiger partial charge in [-0.1, -0.05) is 19.1 Å². The Morgan fingerprint density at radius 2 is 2.10 bits per heavy atom. The zero-order valence-corrected chi connectivity index (χ0v) is 12.3. The van der Waals surface area contributed by atoms with Crippen LogP contribution in [0.2, 0.25) is 0 Å². The van der Waals surface area contributed by atoms with Crippen molar-refractivity contribution in [3.63, 3.8) is 0 Å². The average molecular weight is 277 g/mol. The van der Waals surface area contributed by atoms with E-state index in [9.17, 15) is 10.1 Å². The molecule has 0 bridgehead atoms. The van der Waals surface area contributed by atoms with Gasteiger partial charge in [0.15, 0.2) is 0 Å². The topological polar surface area (TPSA) is 58.4 Å². The van der Waals surface area contributed by atoms with Crippen molar-refractivity contribution in [2.45, 2.75) is 26.7 Å². The lowest BCUT2D eigenvalue weighted by Crippen LogP contribution is -2.35. The van der Waals surface area contributed by atoms with E-state index in [0.29, 0.717) is 11.6 Å². The highest BCUT2D eigenvalue weighted by molar-refractivity contribution is 5.65. The van der Waals surface area contributed by atoms with Crippen molar-refractivity contribution in [3.05, 3.63) is 33.9 Å². The molecule has 0 spiro atoms. The van der Waals surface area contributed by atoms with Crippen molar-refractivity contribution in [2.24, 2.45) is 5.92 Å². The molecule has 2 rings (SSSR count). The zero-order chi connectivity index (χ0) is 14.5. The lowest BCUT2D eigenvalue weighted by molar-refractivity contribution is -0.384. The minimum absolute atomic E-state index is 0.177. The number of piperidine rings is 1. The summed E-state index contributed by atoms with van der Waals surface area (Å²) in [5.41, 5.74) is 1.79. The number of hydrogen-bond donors (Lipinski definition) is 1. The molecule has 1 N–H and O–H groups in total. The fourth-order valence-electron chi connectivity index (χ4n) is 2.79. The summed E-state index contributed by atoms with van der Waals surface area (Å²) in [4.78, 5) is 13.2. The second-order valence-electron chi connectivity index (χ2n) is 5.48. The Hall–Kier alpha value is -1.62. The smallest absolute Gasteiger partial charge is 0.292 e. The Morgan fingerprint density at radius 3 is 2.70 bits per heavy atom. The summed E-state index contributed by atoms with van der Waals surface area (Å²) in [7, 11) is 0. The minimum atomic E-state index is -0.310. The van der Waals surface area contributed by atoms with E-state index in [4.69, 9.17) is 0 Å². The molecule has 1 heterocycles. The number of anilines is 1. The number of nitrogens with zero attached hydrogens (tertiary/aromatic N) is 2. The van der Waals surface area contributed by atoms with Gasteiger partial charge in [-0.3, -0.25) is 10.1 Å². The zero-order valence-electron chi connectivity index (χ0n) is 12.3. The van der Waals surface area contributed by atoms with Gasteiger partial charge in [-0.25, -0.2) is 0 Å². The fourth-order valence-corrected chi connectivity index (χ4v) is 2.79. The van der Waals surface area contributed by atoms with E-state index >= 15 is 0 Å². The first-order chi connectivity index (χ1) is 9.61. The highest BCUT2D eigenvalue weighted by Crippen LogP contribution is 2.28. The minimum Gasteiger partial charge on any atom is -0.379 e. The molecule has 0 unspecified atom stereocenters. The normalized spacial score (nSPS) is 17.1. The predicted octanol–water partition coefficient (Wildman–Crippen LogP) is 3.05. The lowest BCUT2D eigenvalue weighted by atomic mass is 9.96. The molecule has 1 aliphatic rings. The largest absolute Gasteiger partial charge is 0.379 e. The molecule has 110 valence electrons. The summed E-state index contributed by atoms with van der Waals surface area (Å²) in [5, 5.41) is 14.4. The molecule has 0 aliphatic carbocycles. The summed E-state index contributed by atoms with van der Waals surface area (Å²) in [5.74, 6) is 0.608. The summed E-state index contributed by atoms with van der Waals surface area (Å²) in [6, 6.07) is 5.21. The van der Waals surface area contributed by atoms with E-state index in [0.717, 1.165) is 31.7 Å². The molecule has 5 nitrogen and oxygen atoms in total. The van der Waals surface area contributed by atoms with Crippen molar-refractivity contribution < 1.29 is 4.92 Å². The van der Waals surface area contributed by atoms with Crippen LogP contribution in [0.25, 0.3) is 0 Å². The Labute approximate surface area is 120 Å². The summed E-state index contributed by atoms with van der Waals surface area (Å²) < 4.78 is 0. The summed E-state index contributed by atoms with van der Waals surface area (Å²) in [6.07, 6.45) is 2.33. The molecule has 1 saturated heterocycles. The highest BCUT2D eigenvalue weighted by atomic mass is 16.6. The molecule has 0 atom stereocenters. The third-order valence-corrected chi connectivity index (χ3v) is 4.17. The standard InChI is InChI=1S/C15H23N3O2/c1-3-17-9-7-13(8-10-17)11-16-15-12(2)5-4-6-14(15)18(19)20/h4-6,13,16H,3,7-11H2,1-2H3. The van der Waals surface area contributed by atoms with E-state index in [1.807, 2.05) is 13.0 Å². The van der Waals surface area contributed by atoms with Crippen LogP contribution in [0.3, 0.4) is 0 Å². The first-order valence-electron chi connectivity index (χ1n) is 7.32. The maximum Gasteiger partial charge on any atom is 0.292 e. The third kappa shape index (κ3) is 3.48. The van der Waals surface area contributed by atoms with Gasteiger partial charge in [0.05, 0.1) is 4.92 Å². The van der Waals surface area contributed by atoms with E-state index in [-0.39, 0.29) is 10.6 Å². The van der Waals surface area contributed by atoms with Crippen molar-refractivity contribution in [2.75, 3.05) is 31.5 Å². The number of aryl methyl sites for hydroxylation is 1. The second-order valence-corrected chi connectivity index (χ2v) is 5.48. The first kappa shape index (κ1) is 14.8. The molecule has 0 amide bonds. The number of likely N-dealkylation sites (tertiary alicyclic amines) is 1. The van der Waals surface area contributed by atoms with E-state index in [1.54, 1.807) is 12.1 Å². The number of para-hydroxylation sites is 1. The number of rotatable bonds is 5. The van der Waals surface area contributed by atoms with Crippen LogP contribution in [-0.4, -0.2) is 36.0 Å². The Balaban J connectivity index is 1.96. The van der Waals surface area contributed by atoms with Gasteiger partial charge in [-0.05, 0) is 50.9 Å². The Kier molecular flexibility index (Phi) is 4.95. The maximum absolute atomic E-state index is 11.1. The quantitative estimate of drug-likeness (QED) is 0.664. The average Bonchev–Trinajstić information content (AvgIpc) is 2.46. The van der Waals surface area contributed by atoms with Crippen molar-refractivity contribution in [1.29, 1.82) is 0 Å². The number of hydrogen-bond acceptors (Lipinski definition) is 4. The summed E-state index contributed by atoms with van der Waals surface area (Å²) in [6.45, 7) is 8.31. The highest BCUT2D eigenvalue weighted by Gasteiger charge is 2.20. The van der Waals surface area contributed by atoms with Crippen LogP contribution in [0, 0.1) is 23.0 Å². The molecule has 20 heavy (non-hydrogen) atoms. The molecule has 0 aromatic heterocycles. The molecular weight excluding hydrogens is 254 g/mol. The molecule has 0 radical (unpaired) electrons. The number of nitro groups is 1. The molecule has 0 saturated carbocycles. The van der Waals surface area contributed by atoms with Gasteiger partial charge in [0.25, 0.3) is 5.69 Å². The van der Waals surface area contributed by atoms with Crippen LogP contribution in [-0.2, 0) is 0 Å². The first-order valence-corrected chi connectivity index (χ1v) is 7.32. The van der Waals surface area contributed by atoms with Gasteiger partial charge in [0.1, 0.15) is 5.69 Å². The molecule has 1 fully saturated rings. The van der Waals surface area contributed by atoms with Gasteiger partial charge in [0.2, 0.25) is 0 Å². The van der Waals surface area contributed by atoms with Crippen LogP contribution in [0.15, 0.2) is 18.2 Å². The van der Waals surface area contributed by atoms with Gasteiger partial charge >= 0.3 is 0 Å². The van der Waals surface area contributed by atoms with Crippen LogP contribution >= 0.6 is 0 Å². The summed E-state index contributed by atoms with van der Waals surface area (Å²) >= 11 is 0. The SMILES string of the molecule is CCN1CCC(CNc2c(C)cccc2[N+](=O)[O-])CC1. The fraction of sp³-hybridized carbons (Fsp3) is 0.600. The number of nitro benzene ring substituents is 1. The van der Waals surface area contributed by atoms with Crippen LogP contribution in [0.1, 0.15) is 25.3 Å². The van der Waals surface area contributed by atoms with Crippen LogP contribution in [0.4, 0.5) is 11.4 Å². The second kappa shape index (κ2) is 6.70. The Morgan fingerprint density at radius 1 is 1.40 bits per heavy atom. The Bertz CT molecular complexity index is 468. The van der Waals surface area contributed by atoms with Crippen molar-refractivity contribution in [1.82, 2.24) is 4.90 Å². The van der Waals surface area contributed by atoms with Gasteiger partial charge in [-0.15, -0.1) is 0 Å². The van der Waals surface area contributed by atoms with Gasteiger partial charge in [-0.2, -0.15) is 0 Å². The molecule has 1 aliphatic heterocycles. The third-order valence-electron chi connectivity index (χ3n) is 4.17. The van der Waals surface area contributed by atoms with E-state index < -0.39 is 0 Å². The van der Waals surface area contributed by atoms with Crippen LogP contribution in [0.5, 0.6) is 0 Å². The van der Waals surface area contributed by atoms with Gasteiger partial charge < -0.3 is 10.2 Å². The van der Waals surface area contributed by atoms with Crippen molar-refractivity contribution >= 4 is 11.4 Å². The number of benzene rings is 1. The molecular formula is C15H23N3O2. The van der Waals surface area contributed by atoms with Crippen molar-refractivity contribution in [3.8, 4) is 0 Å². The molecule has 1 aromatic carbocycles. The molecule has 5 heteroatoms. The number of nitrogens with one attached hydrogen (secondary N) is 1. The maximum atomic E-state index is 11.1. The van der Waals surface area contributed by atoms with Gasteiger partial charge in [0, 0.05) is 12.6 Å². The van der Waals surface area contributed by atoms with E-state index in [1.165, 1.54) is 12.8 Å². The van der Waals surface area contributed by atoms with E-state index in [2.05, 4.69) is 17.1 Å².